The van der Waals surface area contributed by atoms with Crippen molar-refractivity contribution >= 4 is 0 Å². The van der Waals surface area contributed by atoms with Crippen molar-refractivity contribution in [2.24, 2.45) is 11.8 Å². The third-order valence-corrected chi connectivity index (χ3v) is 4.94. The molecule has 0 spiro atoms. The fraction of sp³-hybridized carbons (Fsp3) is 0.667. The molecular formula is C18H27F2N. The zero-order valence-corrected chi connectivity index (χ0v) is 13.4. The van der Waals surface area contributed by atoms with Gasteiger partial charge in [-0.05, 0) is 43.7 Å². The van der Waals surface area contributed by atoms with Crippen molar-refractivity contribution in [3.05, 3.63) is 34.9 Å². The van der Waals surface area contributed by atoms with Crippen LogP contribution < -0.4 is 5.32 Å². The van der Waals surface area contributed by atoms with Crippen LogP contribution in [0, 0.1) is 30.4 Å². The largest absolute Gasteiger partial charge is 0.310 e. The smallest absolute Gasteiger partial charge is 0.163 e. The highest BCUT2D eigenvalue weighted by Crippen LogP contribution is 2.39. The summed E-state index contributed by atoms with van der Waals surface area (Å²) in [6.07, 6.45) is 5.86. The summed E-state index contributed by atoms with van der Waals surface area (Å²) in [4.78, 5) is 0. The summed E-state index contributed by atoms with van der Waals surface area (Å²) < 4.78 is 28.3. The van der Waals surface area contributed by atoms with Crippen LogP contribution in [-0.2, 0) is 0 Å². The van der Waals surface area contributed by atoms with Gasteiger partial charge in [0, 0.05) is 11.6 Å². The fourth-order valence-corrected chi connectivity index (χ4v) is 3.66. The van der Waals surface area contributed by atoms with E-state index < -0.39 is 11.6 Å². The molecule has 1 N–H and O–H groups in total. The number of rotatable bonds is 5. The van der Waals surface area contributed by atoms with E-state index in [1.165, 1.54) is 19.3 Å². The van der Waals surface area contributed by atoms with Crippen LogP contribution in [0.3, 0.4) is 0 Å². The van der Waals surface area contributed by atoms with E-state index in [0.29, 0.717) is 17.0 Å². The number of benzene rings is 1. The number of nitrogens with one attached hydrogen (secondary N) is 1. The second-order valence-corrected chi connectivity index (χ2v) is 6.34. The standard InChI is InChI=1S/C18H27F2N/c1-4-13-7-6-8-14(11-13)18(21-5-2)15-10-9-12(3)16(19)17(15)20/h9-10,13-14,18,21H,4-8,11H2,1-3H3. The van der Waals surface area contributed by atoms with Gasteiger partial charge in [-0.15, -0.1) is 0 Å². The minimum absolute atomic E-state index is 0.0700. The predicted molar refractivity (Wildman–Crippen MR) is 83.3 cm³/mol. The van der Waals surface area contributed by atoms with Crippen molar-refractivity contribution in [2.75, 3.05) is 6.54 Å². The van der Waals surface area contributed by atoms with Crippen LogP contribution in [0.25, 0.3) is 0 Å². The van der Waals surface area contributed by atoms with Crippen molar-refractivity contribution in [1.29, 1.82) is 0 Å². The molecule has 0 saturated heterocycles. The molecule has 1 aliphatic rings. The lowest BCUT2D eigenvalue weighted by molar-refractivity contribution is 0.207. The highest BCUT2D eigenvalue weighted by molar-refractivity contribution is 5.28. The van der Waals surface area contributed by atoms with E-state index in [0.717, 1.165) is 25.3 Å². The maximum atomic E-state index is 14.4. The van der Waals surface area contributed by atoms with Crippen LogP contribution in [0.4, 0.5) is 8.78 Å². The van der Waals surface area contributed by atoms with E-state index in [9.17, 15) is 8.78 Å². The van der Waals surface area contributed by atoms with Crippen molar-refractivity contribution in [1.82, 2.24) is 5.32 Å². The minimum atomic E-state index is -0.696. The molecule has 3 heteroatoms. The molecule has 0 heterocycles. The molecule has 0 radical (unpaired) electrons. The Morgan fingerprint density at radius 3 is 2.62 bits per heavy atom. The molecular weight excluding hydrogens is 268 g/mol. The van der Waals surface area contributed by atoms with Crippen LogP contribution in [0.1, 0.15) is 63.1 Å². The summed E-state index contributed by atoms with van der Waals surface area (Å²) in [7, 11) is 0. The third kappa shape index (κ3) is 3.63. The molecule has 1 aromatic rings. The summed E-state index contributed by atoms with van der Waals surface area (Å²) in [6, 6.07) is 3.38. The minimum Gasteiger partial charge on any atom is -0.310 e. The lowest BCUT2D eigenvalue weighted by Crippen LogP contribution is -2.32. The second kappa shape index (κ2) is 7.35. The van der Waals surface area contributed by atoms with Gasteiger partial charge in [0.15, 0.2) is 11.6 Å². The summed E-state index contributed by atoms with van der Waals surface area (Å²) in [5.41, 5.74) is 0.878. The Kier molecular flexibility index (Phi) is 5.74. The topological polar surface area (TPSA) is 12.0 Å². The molecule has 1 aromatic carbocycles. The van der Waals surface area contributed by atoms with E-state index >= 15 is 0 Å². The van der Waals surface area contributed by atoms with Gasteiger partial charge in [0.2, 0.25) is 0 Å². The Morgan fingerprint density at radius 1 is 1.19 bits per heavy atom. The Hall–Kier alpha value is -0.960. The van der Waals surface area contributed by atoms with Gasteiger partial charge >= 0.3 is 0 Å². The zero-order valence-electron chi connectivity index (χ0n) is 13.4. The third-order valence-electron chi connectivity index (χ3n) is 4.94. The van der Waals surface area contributed by atoms with Crippen molar-refractivity contribution < 1.29 is 8.78 Å². The molecule has 1 aliphatic carbocycles. The number of hydrogen-bond donors (Lipinski definition) is 1. The Labute approximate surface area is 127 Å². The molecule has 0 amide bonds. The van der Waals surface area contributed by atoms with E-state index in [1.807, 2.05) is 6.92 Å². The predicted octanol–water partition coefficient (Wildman–Crippen LogP) is 5.14. The van der Waals surface area contributed by atoms with Crippen LogP contribution in [0.15, 0.2) is 12.1 Å². The van der Waals surface area contributed by atoms with E-state index in [2.05, 4.69) is 12.2 Å². The first-order valence-electron chi connectivity index (χ1n) is 8.26. The maximum absolute atomic E-state index is 14.4. The lowest BCUT2D eigenvalue weighted by atomic mass is 9.75. The average molecular weight is 295 g/mol. The average Bonchev–Trinajstić information content (AvgIpc) is 2.51. The Bertz CT molecular complexity index is 473. The second-order valence-electron chi connectivity index (χ2n) is 6.34. The summed E-state index contributed by atoms with van der Waals surface area (Å²) >= 11 is 0. The van der Waals surface area contributed by atoms with Crippen LogP contribution in [0.2, 0.25) is 0 Å². The molecule has 1 saturated carbocycles. The van der Waals surface area contributed by atoms with Gasteiger partial charge in [-0.3, -0.25) is 0 Å². The van der Waals surface area contributed by atoms with E-state index in [1.54, 1.807) is 19.1 Å². The number of hydrogen-bond acceptors (Lipinski definition) is 1. The van der Waals surface area contributed by atoms with Crippen LogP contribution in [-0.4, -0.2) is 6.54 Å². The summed E-state index contributed by atoms with van der Waals surface area (Å²) in [5.74, 6) is -0.235. The number of halogens is 2. The lowest BCUT2D eigenvalue weighted by Gasteiger charge is -2.35. The zero-order chi connectivity index (χ0) is 15.4. The maximum Gasteiger partial charge on any atom is 0.163 e. The van der Waals surface area contributed by atoms with Crippen molar-refractivity contribution in [3.63, 3.8) is 0 Å². The molecule has 118 valence electrons. The van der Waals surface area contributed by atoms with Crippen molar-refractivity contribution in [2.45, 2.75) is 58.9 Å². The van der Waals surface area contributed by atoms with E-state index in [4.69, 9.17) is 0 Å². The van der Waals surface area contributed by atoms with Gasteiger partial charge in [-0.25, -0.2) is 8.78 Å². The first kappa shape index (κ1) is 16.4. The molecule has 2 rings (SSSR count). The molecule has 3 unspecified atom stereocenters. The first-order chi connectivity index (χ1) is 10.1. The molecule has 21 heavy (non-hydrogen) atoms. The molecule has 0 bridgehead atoms. The highest BCUT2D eigenvalue weighted by Gasteiger charge is 2.30. The van der Waals surface area contributed by atoms with Gasteiger partial charge in [-0.1, -0.05) is 45.2 Å². The van der Waals surface area contributed by atoms with Gasteiger partial charge < -0.3 is 5.32 Å². The van der Waals surface area contributed by atoms with Crippen molar-refractivity contribution in [3.8, 4) is 0 Å². The van der Waals surface area contributed by atoms with Gasteiger partial charge in [0.25, 0.3) is 0 Å². The van der Waals surface area contributed by atoms with Gasteiger partial charge in [0.05, 0.1) is 0 Å². The Morgan fingerprint density at radius 2 is 1.95 bits per heavy atom. The molecule has 1 fully saturated rings. The van der Waals surface area contributed by atoms with Gasteiger partial charge in [0.1, 0.15) is 0 Å². The SMILES string of the molecule is CCNC(c1ccc(C)c(F)c1F)C1CCCC(CC)C1. The first-order valence-corrected chi connectivity index (χ1v) is 8.26. The molecule has 3 atom stereocenters. The van der Waals surface area contributed by atoms with Crippen LogP contribution in [0.5, 0.6) is 0 Å². The molecule has 1 nitrogen and oxygen atoms in total. The quantitative estimate of drug-likeness (QED) is 0.793. The highest BCUT2D eigenvalue weighted by atomic mass is 19.2. The van der Waals surface area contributed by atoms with Crippen LogP contribution >= 0.6 is 0 Å². The Balaban J connectivity index is 2.28. The molecule has 0 aliphatic heterocycles. The summed E-state index contributed by atoms with van der Waals surface area (Å²) in [6.45, 7) is 6.63. The monoisotopic (exact) mass is 295 g/mol. The fourth-order valence-electron chi connectivity index (χ4n) is 3.66. The number of aryl methyl sites for hydroxylation is 1. The molecule has 0 aromatic heterocycles. The van der Waals surface area contributed by atoms with Gasteiger partial charge in [-0.2, -0.15) is 0 Å². The summed E-state index contributed by atoms with van der Waals surface area (Å²) in [5, 5.41) is 3.39. The van der Waals surface area contributed by atoms with E-state index in [-0.39, 0.29) is 6.04 Å². The normalized spacial score (nSPS) is 24.0.